The summed E-state index contributed by atoms with van der Waals surface area (Å²) in [5.41, 5.74) is -0.896. The van der Waals surface area contributed by atoms with E-state index in [4.69, 9.17) is 34.8 Å². The Morgan fingerprint density at radius 3 is 2.37 bits per heavy atom. The van der Waals surface area contributed by atoms with Gasteiger partial charge in [0.1, 0.15) is 16.0 Å². The predicted molar refractivity (Wildman–Crippen MR) is 107 cm³/mol. The minimum absolute atomic E-state index is 0.177. The number of hydrogen-bond donors (Lipinski definition) is 1. The molecule has 1 fully saturated rings. The van der Waals surface area contributed by atoms with Crippen LogP contribution in [0.1, 0.15) is 34.7 Å². The van der Waals surface area contributed by atoms with Gasteiger partial charge in [0.15, 0.2) is 11.6 Å². The highest BCUT2D eigenvalue weighted by Gasteiger charge is 2.67. The summed E-state index contributed by atoms with van der Waals surface area (Å²) in [7, 11) is 0. The quantitative estimate of drug-likeness (QED) is 0.289. The fourth-order valence-electron chi connectivity index (χ4n) is 3.24. The Balaban J connectivity index is 1.82. The molecule has 0 aromatic heterocycles. The van der Waals surface area contributed by atoms with Gasteiger partial charge in [-0.05, 0) is 36.2 Å². The van der Waals surface area contributed by atoms with E-state index in [0.29, 0.717) is 5.56 Å². The van der Waals surface area contributed by atoms with Crippen molar-refractivity contribution < 1.29 is 27.2 Å². The molecule has 3 rings (SSSR count). The molecule has 1 saturated carbocycles. The van der Waals surface area contributed by atoms with E-state index in [0.717, 1.165) is 18.2 Å². The molecular formula is C20H14Cl3F4NO2. The smallest absolute Gasteiger partial charge is 0.231 e. The monoisotopic (exact) mass is 481 g/mol. The summed E-state index contributed by atoms with van der Waals surface area (Å²) in [4.78, 5) is 24.6. The van der Waals surface area contributed by atoms with Crippen LogP contribution >= 0.6 is 34.8 Å². The third-order valence-electron chi connectivity index (χ3n) is 4.80. The molecule has 2 aromatic rings. The van der Waals surface area contributed by atoms with Crippen LogP contribution in [-0.4, -0.2) is 22.7 Å². The van der Waals surface area contributed by atoms with E-state index >= 15 is 0 Å². The minimum atomic E-state index is -1.55. The van der Waals surface area contributed by atoms with Gasteiger partial charge in [0.25, 0.3) is 0 Å². The predicted octanol–water partition coefficient (Wildman–Crippen LogP) is 6.22. The Morgan fingerprint density at radius 2 is 1.73 bits per heavy atom. The lowest BCUT2D eigenvalue weighted by Gasteiger charge is -2.10. The number of halogens is 7. The first-order valence-electron chi connectivity index (χ1n) is 8.80. The maximum absolute atomic E-state index is 14.7. The lowest BCUT2D eigenvalue weighted by Crippen LogP contribution is -2.19. The van der Waals surface area contributed by atoms with E-state index in [-0.39, 0.29) is 17.9 Å². The molecule has 1 amide bonds. The summed E-state index contributed by atoms with van der Waals surface area (Å²) in [6.07, 6.45) is -0.566. The second-order valence-electron chi connectivity index (χ2n) is 6.79. The second kappa shape index (κ2) is 8.73. The van der Waals surface area contributed by atoms with Gasteiger partial charge in [0, 0.05) is 12.3 Å². The van der Waals surface area contributed by atoms with Crippen LogP contribution in [0.4, 0.5) is 23.2 Å². The van der Waals surface area contributed by atoms with Crippen LogP contribution in [0.15, 0.2) is 30.3 Å². The number of hydrogen-bond acceptors (Lipinski definition) is 2. The normalized spacial score (nSPS) is 19.4. The third kappa shape index (κ3) is 4.29. The zero-order valence-electron chi connectivity index (χ0n) is 15.1. The lowest BCUT2D eigenvalue weighted by atomic mass is 10.0. The molecule has 160 valence electrons. The van der Waals surface area contributed by atoms with Crippen molar-refractivity contribution in [2.45, 2.75) is 23.1 Å². The van der Waals surface area contributed by atoms with Crippen molar-refractivity contribution in [2.24, 2.45) is 5.92 Å². The molecule has 0 aliphatic heterocycles. The SMILES string of the molecule is O=C(CCCF)c1c(F)ccc(NC(=O)C2C(c3ccc(F)c(Cl)c3)C2(Cl)Cl)c1F. The Labute approximate surface area is 184 Å². The number of carbonyl (C=O) groups is 2. The van der Waals surface area contributed by atoms with Gasteiger partial charge < -0.3 is 5.32 Å². The number of anilines is 1. The summed E-state index contributed by atoms with van der Waals surface area (Å²) >= 11 is 18.1. The fourth-order valence-corrected chi connectivity index (χ4v) is 4.26. The molecule has 30 heavy (non-hydrogen) atoms. The number of amides is 1. The molecular weight excluding hydrogens is 469 g/mol. The van der Waals surface area contributed by atoms with Gasteiger partial charge in [-0.3, -0.25) is 14.0 Å². The molecule has 0 spiro atoms. The molecule has 1 N–H and O–H groups in total. The topological polar surface area (TPSA) is 46.2 Å². The lowest BCUT2D eigenvalue weighted by molar-refractivity contribution is -0.117. The van der Waals surface area contributed by atoms with E-state index in [9.17, 15) is 27.2 Å². The summed E-state index contributed by atoms with van der Waals surface area (Å²) in [6.45, 7) is -0.810. The van der Waals surface area contributed by atoms with Crippen LogP contribution in [0.5, 0.6) is 0 Å². The number of carbonyl (C=O) groups excluding carboxylic acids is 2. The first-order valence-corrected chi connectivity index (χ1v) is 9.93. The van der Waals surface area contributed by atoms with Gasteiger partial charge in [0.05, 0.1) is 28.9 Å². The van der Waals surface area contributed by atoms with Gasteiger partial charge in [-0.1, -0.05) is 17.7 Å². The van der Waals surface area contributed by atoms with E-state index < -0.39 is 63.2 Å². The maximum atomic E-state index is 14.7. The molecule has 3 nitrogen and oxygen atoms in total. The molecule has 0 heterocycles. The second-order valence-corrected chi connectivity index (χ2v) is 8.64. The van der Waals surface area contributed by atoms with E-state index in [1.54, 1.807) is 0 Å². The Hall–Kier alpha value is -1.83. The summed E-state index contributed by atoms with van der Waals surface area (Å²) in [5.74, 6) is -6.53. The van der Waals surface area contributed by atoms with Crippen molar-refractivity contribution in [3.8, 4) is 0 Å². The molecule has 1 aliphatic rings. The maximum Gasteiger partial charge on any atom is 0.231 e. The van der Waals surface area contributed by atoms with Gasteiger partial charge in [0.2, 0.25) is 5.91 Å². The van der Waals surface area contributed by atoms with Crippen LogP contribution in [0.25, 0.3) is 0 Å². The van der Waals surface area contributed by atoms with Crippen LogP contribution < -0.4 is 5.32 Å². The first-order chi connectivity index (χ1) is 14.1. The number of rotatable bonds is 7. The number of Topliss-reactive ketones (excluding diaryl/α,β-unsaturated/α-hetero) is 1. The minimum Gasteiger partial charge on any atom is -0.323 e. The van der Waals surface area contributed by atoms with Crippen LogP contribution in [0.3, 0.4) is 0 Å². The molecule has 2 atom stereocenters. The average molecular weight is 483 g/mol. The number of alkyl halides is 3. The summed E-state index contributed by atoms with van der Waals surface area (Å²) in [5, 5.41) is 2.07. The van der Waals surface area contributed by atoms with Crippen molar-refractivity contribution in [1.29, 1.82) is 0 Å². The molecule has 2 aromatic carbocycles. The van der Waals surface area contributed by atoms with E-state index in [2.05, 4.69) is 5.32 Å². The zero-order chi connectivity index (χ0) is 22.2. The highest BCUT2D eigenvalue weighted by Crippen LogP contribution is 2.65. The molecule has 0 bridgehead atoms. The van der Waals surface area contributed by atoms with Gasteiger partial charge in [-0.25, -0.2) is 13.2 Å². The standard InChI is InChI=1S/C20H14Cl3F4NO2/c21-10-8-9(3-4-11(10)25)16-17(20(16,22)23)19(30)28-13-6-5-12(26)15(18(13)27)14(29)2-1-7-24/h3-6,8,16-17H,1-2,7H2,(H,28,30). The third-order valence-corrected chi connectivity index (χ3v) is 6.03. The average Bonchev–Trinajstić information content (AvgIpc) is 3.26. The van der Waals surface area contributed by atoms with Gasteiger partial charge in [-0.15, -0.1) is 23.2 Å². The van der Waals surface area contributed by atoms with Crippen LogP contribution in [0.2, 0.25) is 5.02 Å². The molecule has 0 saturated heterocycles. The van der Waals surface area contributed by atoms with Crippen molar-refractivity contribution in [2.75, 3.05) is 12.0 Å². The largest absolute Gasteiger partial charge is 0.323 e. The van der Waals surface area contributed by atoms with Crippen molar-refractivity contribution in [3.63, 3.8) is 0 Å². The zero-order valence-corrected chi connectivity index (χ0v) is 17.4. The molecule has 0 radical (unpaired) electrons. The van der Waals surface area contributed by atoms with Crippen LogP contribution in [0, 0.1) is 23.4 Å². The van der Waals surface area contributed by atoms with Gasteiger partial charge >= 0.3 is 0 Å². The summed E-state index contributed by atoms with van der Waals surface area (Å²) < 4.78 is 52.7. The number of nitrogens with one attached hydrogen (secondary N) is 1. The number of benzene rings is 2. The van der Waals surface area contributed by atoms with Crippen molar-refractivity contribution >= 4 is 52.2 Å². The Morgan fingerprint density at radius 1 is 1.07 bits per heavy atom. The first kappa shape index (κ1) is 22.8. The Bertz CT molecular complexity index is 1020. The number of ketones is 1. The van der Waals surface area contributed by atoms with E-state index in [1.807, 2.05) is 0 Å². The Kier molecular flexibility index (Phi) is 6.65. The molecule has 1 aliphatic carbocycles. The molecule has 2 unspecified atom stereocenters. The highest BCUT2D eigenvalue weighted by atomic mass is 35.5. The summed E-state index contributed by atoms with van der Waals surface area (Å²) in [6, 6.07) is 5.53. The fraction of sp³-hybridized carbons (Fsp3) is 0.300. The van der Waals surface area contributed by atoms with Gasteiger partial charge in [-0.2, -0.15) is 0 Å². The van der Waals surface area contributed by atoms with Crippen molar-refractivity contribution in [1.82, 2.24) is 0 Å². The molecule has 10 heteroatoms. The van der Waals surface area contributed by atoms with Crippen molar-refractivity contribution in [3.05, 3.63) is 63.9 Å². The van der Waals surface area contributed by atoms with E-state index in [1.165, 1.54) is 12.1 Å². The van der Waals surface area contributed by atoms with Crippen LogP contribution in [-0.2, 0) is 4.79 Å². The highest BCUT2D eigenvalue weighted by molar-refractivity contribution is 6.53.